The van der Waals surface area contributed by atoms with E-state index in [2.05, 4.69) is 10.2 Å². The summed E-state index contributed by atoms with van der Waals surface area (Å²) in [5.41, 5.74) is -2.37. The number of aliphatic hydroxyl groups excluding tert-OH is 1. The molecule has 3 rings (SSSR count). The molecule has 1 saturated heterocycles. The predicted octanol–water partition coefficient (Wildman–Crippen LogP) is 2.29. The largest absolute Gasteiger partial charge is 0.393 e. The zero-order valence-corrected chi connectivity index (χ0v) is 12.7. The van der Waals surface area contributed by atoms with Crippen LogP contribution in [0.4, 0.5) is 13.2 Å². The van der Waals surface area contributed by atoms with Gasteiger partial charge in [-0.3, -0.25) is 9.89 Å². The fourth-order valence-corrected chi connectivity index (χ4v) is 2.94. The van der Waals surface area contributed by atoms with Crippen LogP contribution in [0.15, 0.2) is 24.4 Å². The molecule has 1 amide bonds. The molecule has 2 heterocycles. The number of nitrogens with one attached hydrogen (secondary N) is 1. The van der Waals surface area contributed by atoms with E-state index in [-0.39, 0.29) is 29.8 Å². The normalized spacial score (nSPS) is 21.1. The summed E-state index contributed by atoms with van der Waals surface area (Å²) in [6, 6.07) is 3.37. The molecular weight excluding hydrogens is 323 g/mol. The summed E-state index contributed by atoms with van der Waals surface area (Å²) in [6.07, 6.45) is 1.72. The van der Waals surface area contributed by atoms with Gasteiger partial charge in [0.2, 0.25) is 0 Å². The van der Waals surface area contributed by atoms with Crippen LogP contribution in [0, 0.1) is 11.6 Å². The van der Waals surface area contributed by atoms with Gasteiger partial charge in [-0.2, -0.15) is 5.10 Å². The van der Waals surface area contributed by atoms with Gasteiger partial charge in [0.15, 0.2) is 5.67 Å². The first kappa shape index (κ1) is 16.5. The van der Waals surface area contributed by atoms with Crippen LogP contribution < -0.4 is 0 Å². The molecule has 1 aromatic carbocycles. The van der Waals surface area contributed by atoms with Crippen molar-refractivity contribution in [3.8, 4) is 11.3 Å². The second-order valence-corrected chi connectivity index (χ2v) is 5.89. The average molecular weight is 339 g/mol. The number of aliphatic hydroxyl groups is 1. The number of aromatic nitrogens is 2. The van der Waals surface area contributed by atoms with Crippen LogP contribution in [0.2, 0.25) is 0 Å². The predicted molar refractivity (Wildman–Crippen MR) is 80.0 cm³/mol. The number of halogens is 3. The number of hydrogen-bond donors (Lipinski definition) is 2. The quantitative estimate of drug-likeness (QED) is 0.901. The van der Waals surface area contributed by atoms with Gasteiger partial charge in [-0.25, -0.2) is 13.2 Å². The smallest absolute Gasteiger partial charge is 0.257 e. The van der Waals surface area contributed by atoms with Gasteiger partial charge in [0.25, 0.3) is 5.91 Å². The van der Waals surface area contributed by atoms with Crippen molar-refractivity contribution in [1.29, 1.82) is 0 Å². The number of hydrogen-bond acceptors (Lipinski definition) is 3. The third-order valence-electron chi connectivity index (χ3n) is 4.18. The Hall–Kier alpha value is -2.35. The van der Waals surface area contributed by atoms with Crippen molar-refractivity contribution in [2.45, 2.75) is 18.5 Å². The third kappa shape index (κ3) is 2.89. The monoisotopic (exact) mass is 339 g/mol. The number of piperidine rings is 1. The molecule has 1 unspecified atom stereocenters. The molecule has 8 heteroatoms. The third-order valence-corrected chi connectivity index (χ3v) is 4.18. The molecule has 0 radical (unpaired) electrons. The molecule has 1 atom stereocenters. The van der Waals surface area contributed by atoms with E-state index in [4.69, 9.17) is 5.11 Å². The van der Waals surface area contributed by atoms with Gasteiger partial charge in [0, 0.05) is 6.54 Å². The zero-order chi connectivity index (χ0) is 17.3. The summed E-state index contributed by atoms with van der Waals surface area (Å²) in [7, 11) is 0. The topological polar surface area (TPSA) is 69.2 Å². The van der Waals surface area contributed by atoms with Crippen molar-refractivity contribution in [2.24, 2.45) is 0 Å². The standard InChI is InChI=1S/C16H16F3N3O2/c17-11-3-1-4-12(18)13(11)14-10(7-20-21-14)15(24)22-6-2-5-16(19,8-22)9-23/h1,3-4,7,23H,2,5-6,8-9H2,(H,20,21). The molecule has 24 heavy (non-hydrogen) atoms. The molecule has 2 aromatic rings. The minimum Gasteiger partial charge on any atom is -0.393 e. The maximum Gasteiger partial charge on any atom is 0.257 e. The second kappa shape index (κ2) is 6.27. The molecule has 0 bridgehead atoms. The van der Waals surface area contributed by atoms with E-state index >= 15 is 0 Å². The number of rotatable bonds is 3. The number of aromatic amines is 1. The van der Waals surface area contributed by atoms with Crippen LogP contribution in [-0.4, -0.2) is 51.5 Å². The number of H-pyrrole nitrogens is 1. The van der Waals surface area contributed by atoms with Crippen molar-refractivity contribution in [2.75, 3.05) is 19.7 Å². The van der Waals surface area contributed by atoms with Gasteiger partial charge in [-0.15, -0.1) is 0 Å². The molecule has 2 N–H and O–H groups in total. The van der Waals surface area contributed by atoms with Crippen molar-refractivity contribution in [3.05, 3.63) is 41.6 Å². The minimum atomic E-state index is -1.86. The average Bonchev–Trinajstić information content (AvgIpc) is 3.03. The Morgan fingerprint density at radius 3 is 2.75 bits per heavy atom. The summed E-state index contributed by atoms with van der Waals surface area (Å²) < 4.78 is 42.3. The molecule has 128 valence electrons. The van der Waals surface area contributed by atoms with E-state index in [0.29, 0.717) is 13.0 Å². The Balaban J connectivity index is 1.94. The maximum atomic E-state index is 14.3. The zero-order valence-electron chi connectivity index (χ0n) is 12.7. The van der Waals surface area contributed by atoms with E-state index in [1.165, 1.54) is 11.0 Å². The van der Waals surface area contributed by atoms with Crippen LogP contribution in [0.3, 0.4) is 0 Å². The lowest BCUT2D eigenvalue weighted by Gasteiger charge is -2.36. The van der Waals surface area contributed by atoms with E-state index in [9.17, 15) is 18.0 Å². The maximum absolute atomic E-state index is 14.3. The van der Waals surface area contributed by atoms with Crippen molar-refractivity contribution in [3.63, 3.8) is 0 Å². The highest BCUT2D eigenvalue weighted by atomic mass is 19.1. The van der Waals surface area contributed by atoms with Gasteiger partial charge >= 0.3 is 0 Å². The van der Waals surface area contributed by atoms with E-state index in [1.54, 1.807) is 0 Å². The Morgan fingerprint density at radius 2 is 2.08 bits per heavy atom. The first-order chi connectivity index (χ1) is 11.4. The van der Waals surface area contributed by atoms with Crippen molar-refractivity contribution < 1.29 is 23.1 Å². The lowest BCUT2D eigenvalue weighted by atomic mass is 9.95. The molecular formula is C16H16F3N3O2. The number of likely N-dealkylation sites (tertiary alicyclic amines) is 1. The minimum absolute atomic E-state index is 0.0406. The Morgan fingerprint density at radius 1 is 1.38 bits per heavy atom. The van der Waals surface area contributed by atoms with Crippen molar-refractivity contribution >= 4 is 5.91 Å². The van der Waals surface area contributed by atoms with Crippen molar-refractivity contribution in [1.82, 2.24) is 15.1 Å². The number of benzene rings is 1. The highest BCUT2D eigenvalue weighted by Crippen LogP contribution is 2.30. The van der Waals surface area contributed by atoms with Gasteiger partial charge in [-0.05, 0) is 25.0 Å². The first-order valence-corrected chi connectivity index (χ1v) is 7.52. The van der Waals surface area contributed by atoms with Crippen LogP contribution in [0.1, 0.15) is 23.2 Å². The lowest BCUT2D eigenvalue weighted by molar-refractivity contribution is 0.00177. The Labute approximate surface area is 136 Å². The summed E-state index contributed by atoms with van der Waals surface area (Å²) in [5, 5.41) is 15.3. The fraction of sp³-hybridized carbons (Fsp3) is 0.375. The first-order valence-electron chi connectivity index (χ1n) is 7.52. The fourth-order valence-electron chi connectivity index (χ4n) is 2.94. The highest BCUT2D eigenvalue weighted by Gasteiger charge is 2.38. The summed E-state index contributed by atoms with van der Waals surface area (Å²) in [4.78, 5) is 13.9. The summed E-state index contributed by atoms with van der Waals surface area (Å²) in [5.74, 6) is -2.25. The molecule has 1 aliphatic heterocycles. The highest BCUT2D eigenvalue weighted by molar-refractivity contribution is 6.00. The summed E-state index contributed by atoms with van der Waals surface area (Å²) in [6.45, 7) is -0.654. The molecule has 1 aliphatic rings. The number of amides is 1. The number of nitrogens with zero attached hydrogens (tertiary/aromatic N) is 2. The van der Waals surface area contributed by atoms with E-state index in [0.717, 1.165) is 18.3 Å². The SMILES string of the molecule is O=C(c1cn[nH]c1-c1c(F)cccc1F)N1CCCC(F)(CO)C1. The molecule has 5 nitrogen and oxygen atoms in total. The summed E-state index contributed by atoms with van der Waals surface area (Å²) >= 11 is 0. The second-order valence-electron chi connectivity index (χ2n) is 5.89. The molecule has 1 aromatic heterocycles. The number of carbonyl (C=O) groups excluding carboxylic acids is 1. The number of carbonyl (C=O) groups is 1. The van der Waals surface area contributed by atoms with Crippen LogP contribution >= 0.6 is 0 Å². The van der Waals surface area contributed by atoms with E-state index in [1.807, 2.05) is 0 Å². The van der Waals surface area contributed by atoms with Gasteiger partial charge < -0.3 is 10.0 Å². The van der Waals surface area contributed by atoms with Crippen LogP contribution in [-0.2, 0) is 0 Å². The lowest BCUT2D eigenvalue weighted by Crippen LogP contribution is -2.49. The molecule has 1 fully saturated rings. The van der Waals surface area contributed by atoms with Crippen LogP contribution in [0.25, 0.3) is 11.3 Å². The van der Waals surface area contributed by atoms with Gasteiger partial charge in [0.05, 0.1) is 36.2 Å². The van der Waals surface area contributed by atoms with Gasteiger partial charge in [0.1, 0.15) is 11.6 Å². The Kier molecular flexibility index (Phi) is 4.31. The Bertz CT molecular complexity index is 745. The van der Waals surface area contributed by atoms with E-state index < -0.39 is 29.8 Å². The van der Waals surface area contributed by atoms with Gasteiger partial charge in [-0.1, -0.05) is 6.07 Å². The molecule has 0 saturated carbocycles. The van der Waals surface area contributed by atoms with Crippen LogP contribution in [0.5, 0.6) is 0 Å². The molecule has 0 spiro atoms. The molecule has 0 aliphatic carbocycles. The number of alkyl halides is 1.